The number of hydrogen-bond donors (Lipinski definition) is 2. The Morgan fingerprint density at radius 3 is 2.30 bits per heavy atom. The van der Waals surface area contributed by atoms with Crippen molar-refractivity contribution < 1.29 is 0 Å². The maximum atomic E-state index is 4.33. The molecule has 0 spiro atoms. The molecule has 1 heterocycles. The number of nitrogens with zero attached hydrogens (tertiary/aromatic N) is 3. The van der Waals surface area contributed by atoms with Crippen LogP contribution >= 0.6 is 0 Å². The molecule has 5 heteroatoms. The maximum Gasteiger partial charge on any atom is 0.191 e. The van der Waals surface area contributed by atoms with Crippen molar-refractivity contribution in [1.82, 2.24) is 20.4 Å². The minimum Gasteiger partial charge on any atom is -0.356 e. The predicted octanol–water partition coefficient (Wildman–Crippen LogP) is 2.00. The van der Waals surface area contributed by atoms with Gasteiger partial charge in [0.15, 0.2) is 5.96 Å². The molecule has 1 saturated heterocycles. The Morgan fingerprint density at radius 2 is 1.74 bits per heavy atom. The lowest BCUT2D eigenvalue weighted by Crippen LogP contribution is -2.53. The summed E-state index contributed by atoms with van der Waals surface area (Å²) in [6.45, 7) is 17.0. The van der Waals surface area contributed by atoms with Crippen molar-refractivity contribution in [1.29, 1.82) is 0 Å². The molecular weight excluding hydrogens is 286 g/mol. The van der Waals surface area contributed by atoms with Crippen LogP contribution < -0.4 is 10.6 Å². The highest BCUT2D eigenvalue weighted by atomic mass is 15.3. The Balaban J connectivity index is 2.16. The molecule has 1 aliphatic heterocycles. The lowest BCUT2D eigenvalue weighted by atomic mass is 10.1. The van der Waals surface area contributed by atoms with Gasteiger partial charge in [-0.3, -0.25) is 9.89 Å². The lowest BCUT2D eigenvalue weighted by molar-refractivity contribution is 0.107. The predicted molar refractivity (Wildman–Crippen MR) is 101 cm³/mol. The molecule has 0 aliphatic carbocycles. The fourth-order valence-corrected chi connectivity index (χ4v) is 3.00. The van der Waals surface area contributed by atoms with E-state index in [-0.39, 0.29) is 0 Å². The van der Waals surface area contributed by atoms with E-state index in [1.165, 1.54) is 52.0 Å². The number of rotatable bonds is 9. The van der Waals surface area contributed by atoms with Crippen LogP contribution in [-0.2, 0) is 0 Å². The molecule has 0 aromatic carbocycles. The molecule has 136 valence electrons. The van der Waals surface area contributed by atoms with Gasteiger partial charge in [0.2, 0.25) is 0 Å². The van der Waals surface area contributed by atoms with Crippen molar-refractivity contribution in [2.24, 2.45) is 10.9 Å². The molecule has 1 aliphatic rings. The van der Waals surface area contributed by atoms with Crippen LogP contribution in [-0.4, -0.2) is 74.7 Å². The molecule has 0 aromatic rings. The fourth-order valence-electron chi connectivity index (χ4n) is 3.00. The van der Waals surface area contributed by atoms with Gasteiger partial charge in [0.1, 0.15) is 0 Å². The lowest BCUT2D eigenvalue weighted by Gasteiger charge is -2.37. The summed E-state index contributed by atoms with van der Waals surface area (Å²) in [5.41, 5.74) is 0. The van der Waals surface area contributed by atoms with Crippen molar-refractivity contribution in [2.75, 3.05) is 52.9 Å². The molecule has 23 heavy (non-hydrogen) atoms. The van der Waals surface area contributed by atoms with E-state index in [9.17, 15) is 0 Å². The summed E-state index contributed by atoms with van der Waals surface area (Å²) in [5.74, 6) is 1.75. The first kappa shape index (κ1) is 20.2. The molecule has 0 bridgehead atoms. The standard InChI is InChI=1S/C18H39N5/c1-6-22-11-13-23(14-12-22)17(4)15-21-18(19-5)20-10-8-7-9-16(2)3/h16-17H,6-15H2,1-5H3,(H2,19,20,21). The van der Waals surface area contributed by atoms with Crippen LogP contribution in [0.5, 0.6) is 0 Å². The minimum absolute atomic E-state index is 0.550. The molecule has 1 unspecified atom stereocenters. The highest BCUT2D eigenvalue weighted by molar-refractivity contribution is 5.79. The third kappa shape index (κ3) is 8.56. The van der Waals surface area contributed by atoms with Gasteiger partial charge in [0.05, 0.1) is 0 Å². The second kappa shape index (κ2) is 11.7. The Hall–Kier alpha value is -0.810. The number of aliphatic imine (C=N–C) groups is 1. The van der Waals surface area contributed by atoms with Gasteiger partial charge in [-0.1, -0.05) is 33.6 Å². The van der Waals surface area contributed by atoms with Crippen LogP contribution in [0.4, 0.5) is 0 Å². The van der Waals surface area contributed by atoms with E-state index in [1.54, 1.807) is 0 Å². The summed E-state index contributed by atoms with van der Waals surface area (Å²) < 4.78 is 0. The van der Waals surface area contributed by atoms with Gasteiger partial charge in [-0.2, -0.15) is 0 Å². The molecule has 0 saturated carbocycles. The van der Waals surface area contributed by atoms with Crippen molar-refractivity contribution in [2.45, 2.75) is 53.0 Å². The molecule has 1 rings (SSSR count). The van der Waals surface area contributed by atoms with Gasteiger partial charge in [-0.05, 0) is 25.8 Å². The first-order valence-electron chi connectivity index (χ1n) is 9.47. The Kier molecular flexibility index (Phi) is 10.3. The van der Waals surface area contributed by atoms with E-state index < -0.39 is 0 Å². The second-order valence-electron chi connectivity index (χ2n) is 7.09. The summed E-state index contributed by atoms with van der Waals surface area (Å²) in [5, 5.41) is 6.90. The summed E-state index contributed by atoms with van der Waals surface area (Å²) in [4.78, 5) is 9.43. The molecule has 2 N–H and O–H groups in total. The second-order valence-corrected chi connectivity index (χ2v) is 7.09. The zero-order chi connectivity index (χ0) is 17.1. The summed E-state index contributed by atoms with van der Waals surface area (Å²) >= 11 is 0. The van der Waals surface area contributed by atoms with Crippen LogP contribution in [0.3, 0.4) is 0 Å². The van der Waals surface area contributed by atoms with Crippen LogP contribution in [0.25, 0.3) is 0 Å². The number of guanidine groups is 1. The zero-order valence-electron chi connectivity index (χ0n) is 16.1. The first-order chi connectivity index (χ1) is 11.1. The molecule has 5 nitrogen and oxygen atoms in total. The SMILES string of the molecule is CCN1CCN(C(C)CNC(=NC)NCCCCC(C)C)CC1. The van der Waals surface area contributed by atoms with Crippen LogP contribution in [0.2, 0.25) is 0 Å². The van der Waals surface area contributed by atoms with Crippen LogP contribution in [0.15, 0.2) is 4.99 Å². The summed E-state index contributed by atoms with van der Waals surface area (Å²) in [7, 11) is 1.86. The number of hydrogen-bond acceptors (Lipinski definition) is 3. The molecule has 1 fully saturated rings. The van der Waals surface area contributed by atoms with Crippen molar-refractivity contribution >= 4 is 5.96 Å². The smallest absolute Gasteiger partial charge is 0.191 e. The van der Waals surface area contributed by atoms with Gasteiger partial charge in [0.25, 0.3) is 0 Å². The largest absolute Gasteiger partial charge is 0.356 e. The zero-order valence-corrected chi connectivity index (χ0v) is 16.1. The van der Waals surface area contributed by atoms with E-state index >= 15 is 0 Å². The van der Waals surface area contributed by atoms with Crippen molar-refractivity contribution in [3.05, 3.63) is 0 Å². The topological polar surface area (TPSA) is 42.9 Å². The molecule has 1 atom stereocenters. The molecular formula is C18H39N5. The minimum atomic E-state index is 0.550. The normalized spacial score (nSPS) is 19.1. The molecule has 0 amide bonds. The monoisotopic (exact) mass is 325 g/mol. The van der Waals surface area contributed by atoms with Gasteiger partial charge in [-0.25, -0.2) is 0 Å². The van der Waals surface area contributed by atoms with E-state index in [4.69, 9.17) is 0 Å². The highest BCUT2D eigenvalue weighted by Crippen LogP contribution is 2.06. The van der Waals surface area contributed by atoms with Gasteiger partial charge < -0.3 is 15.5 Å². The third-order valence-corrected chi connectivity index (χ3v) is 4.77. The number of nitrogens with one attached hydrogen (secondary N) is 2. The average molecular weight is 326 g/mol. The Labute approximate surface area is 143 Å². The Bertz CT molecular complexity index is 321. The van der Waals surface area contributed by atoms with Gasteiger partial charge >= 0.3 is 0 Å². The fraction of sp³-hybridized carbons (Fsp3) is 0.944. The summed E-state index contributed by atoms with van der Waals surface area (Å²) in [6.07, 6.45) is 3.82. The van der Waals surface area contributed by atoms with Crippen LogP contribution in [0.1, 0.15) is 47.0 Å². The summed E-state index contributed by atoms with van der Waals surface area (Å²) in [6, 6.07) is 0.550. The highest BCUT2D eigenvalue weighted by Gasteiger charge is 2.20. The van der Waals surface area contributed by atoms with E-state index in [0.29, 0.717) is 6.04 Å². The maximum absolute atomic E-state index is 4.33. The van der Waals surface area contributed by atoms with E-state index in [2.05, 4.69) is 53.1 Å². The third-order valence-electron chi connectivity index (χ3n) is 4.77. The molecule has 0 radical (unpaired) electrons. The quantitative estimate of drug-likeness (QED) is 0.387. The van der Waals surface area contributed by atoms with Crippen LogP contribution in [0, 0.1) is 5.92 Å². The number of piperazine rings is 1. The van der Waals surface area contributed by atoms with Gasteiger partial charge in [-0.15, -0.1) is 0 Å². The van der Waals surface area contributed by atoms with Crippen molar-refractivity contribution in [3.63, 3.8) is 0 Å². The van der Waals surface area contributed by atoms with E-state index in [1.807, 2.05) is 7.05 Å². The first-order valence-corrected chi connectivity index (χ1v) is 9.47. The number of likely N-dealkylation sites (N-methyl/N-ethyl adjacent to an activating group) is 1. The average Bonchev–Trinajstić information content (AvgIpc) is 2.56. The van der Waals surface area contributed by atoms with Gasteiger partial charge in [0, 0.05) is 52.4 Å². The Morgan fingerprint density at radius 1 is 1.04 bits per heavy atom. The van der Waals surface area contributed by atoms with Crippen molar-refractivity contribution in [3.8, 4) is 0 Å². The van der Waals surface area contributed by atoms with E-state index in [0.717, 1.165) is 25.0 Å². The number of unbranched alkanes of at least 4 members (excludes halogenated alkanes) is 1. The molecule has 0 aromatic heterocycles.